The quantitative estimate of drug-likeness (QED) is 0.232. The highest BCUT2D eigenvalue weighted by Crippen LogP contribution is 2.29. The first-order valence-electron chi connectivity index (χ1n) is 14.9. The zero-order valence-electron chi connectivity index (χ0n) is 26.3. The summed E-state index contributed by atoms with van der Waals surface area (Å²) in [5, 5.41) is 6.03. The Morgan fingerprint density at radius 1 is 0.949 bits per heavy atom. The molecule has 7 heteroatoms. The van der Waals surface area contributed by atoms with E-state index >= 15 is 0 Å². The third-order valence-corrected chi connectivity index (χ3v) is 7.09. The molecule has 4 atom stereocenters. The Balaban J connectivity index is 3.61. The zero-order valence-corrected chi connectivity index (χ0v) is 26.3. The summed E-state index contributed by atoms with van der Waals surface area (Å²) in [6.07, 6.45) is 5.72. The Morgan fingerprint density at radius 2 is 1.62 bits per heavy atom. The first-order chi connectivity index (χ1) is 18.2. The number of aryl methyl sites for hydroxylation is 2. The molecule has 39 heavy (non-hydrogen) atoms. The summed E-state index contributed by atoms with van der Waals surface area (Å²) >= 11 is 0. The minimum Gasteiger partial charge on any atom is -0.444 e. The van der Waals surface area contributed by atoms with Gasteiger partial charge in [-0.2, -0.15) is 0 Å². The molecule has 1 aromatic carbocycles. The average Bonchev–Trinajstić information content (AvgIpc) is 2.84. The molecule has 0 spiro atoms. The van der Waals surface area contributed by atoms with Crippen molar-refractivity contribution < 1.29 is 19.1 Å². The summed E-state index contributed by atoms with van der Waals surface area (Å²) in [6, 6.07) is 4.40. The lowest BCUT2D eigenvalue weighted by Gasteiger charge is -2.37. The average molecular weight is 546 g/mol. The van der Waals surface area contributed by atoms with Gasteiger partial charge in [0.25, 0.3) is 0 Å². The lowest BCUT2D eigenvalue weighted by atomic mass is 9.93. The number of carbonyl (C=O) groups is 3. The minimum absolute atomic E-state index is 0.0163. The number of unbranched alkanes of at least 4 members (excludes halogenated alkanes) is 3. The molecule has 0 saturated heterocycles. The molecule has 7 nitrogen and oxygen atoms in total. The van der Waals surface area contributed by atoms with Crippen LogP contribution in [0.3, 0.4) is 0 Å². The number of amides is 3. The summed E-state index contributed by atoms with van der Waals surface area (Å²) in [6.45, 7) is 20.0. The molecule has 0 bridgehead atoms. The van der Waals surface area contributed by atoms with Crippen LogP contribution in [0.5, 0.6) is 0 Å². The van der Waals surface area contributed by atoms with E-state index in [1.54, 1.807) is 25.7 Å². The molecule has 0 saturated carbocycles. The van der Waals surface area contributed by atoms with E-state index in [2.05, 4.69) is 24.5 Å². The molecule has 0 heterocycles. The monoisotopic (exact) mass is 545 g/mol. The number of rotatable bonds is 15. The molecule has 1 aromatic rings. The van der Waals surface area contributed by atoms with Crippen LogP contribution in [0.1, 0.15) is 123 Å². The van der Waals surface area contributed by atoms with Crippen molar-refractivity contribution in [2.24, 2.45) is 5.92 Å². The van der Waals surface area contributed by atoms with Gasteiger partial charge < -0.3 is 20.3 Å². The van der Waals surface area contributed by atoms with E-state index in [9.17, 15) is 14.4 Å². The Morgan fingerprint density at radius 3 is 2.18 bits per heavy atom. The number of hydrogen-bond acceptors (Lipinski definition) is 4. The second kappa shape index (κ2) is 16.5. The van der Waals surface area contributed by atoms with Gasteiger partial charge in [-0.05, 0) is 71.4 Å². The third kappa shape index (κ3) is 11.6. The van der Waals surface area contributed by atoms with E-state index in [1.807, 2.05) is 52.8 Å². The molecule has 0 aliphatic carbocycles. The van der Waals surface area contributed by atoms with Crippen LogP contribution in [0.4, 0.5) is 4.79 Å². The van der Waals surface area contributed by atoms with Crippen LogP contribution in [0.25, 0.3) is 0 Å². The lowest BCUT2D eigenvalue weighted by molar-refractivity contribution is -0.143. The van der Waals surface area contributed by atoms with Gasteiger partial charge in [0.2, 0.25) is 11.8 Å². The van der Waals surface area contributed by atoms with Crippen molar-refractivity contribution in [1.82, 2.24) is 15.5 Å². The number of ether oxygens (including phenoxy) is 1. The molecular formula is C32H55N3O4. The number of benzene rings is 1. The molecule has 2 N–H and O–H groups in total. The molecule has 0 aromatic heterocycles. The fourth-order valence-corrected chi connectivity index (χ4v) is 4.70. The molecule has 3 amide bonds. The normalized spacial score (nSPS) is 14.6. The smallest absolute Gasteiger partial charge is 0.408 e. The van der Waals surface area contributed by atoms with E-state index in [0.717, 1.165) is 55.2 Å². The number of nitrogens with one attached hydrogen (secondary N) is 2. The van der Waals surface area contributed by atoms with Gasteiger partial charge in [0.15, 0.2) is 0 Å². The summed E-state index contributed by atoms with van der Waals surface area (Å²) < 4.78 is 5.51. The Hall–Kier alpha value is -2.57. The summed E-state index contributed by atoms with van der Waals surface area (Å²) in [5.41, 5.74) is 2.11. The maximum Gasteiger partial charge on any atom is 0.408 e. The van der Waals surface area contributed by atoms with Crippen LogP contribution in [-0.2, 0) is 14.3 Å². The second-order valence-electron chi connectivity index (χ2n) is 12.1. The number of nitrogens with zero attached hydrogens (tertiary/aromatic N) is 1. The maximum atomic E-state index is 14.4. The Kier molecular flexibility index (Phi) is 14.6. The van der Waals surface area contributed by atoms with Gasteiger partial charge in [-0.25, -0.2) is 4.79 Å². The van der Waals surface area contributed by atoms with Gasteiger partial charge in [0.05, 0.1) is 0 Å². The third-order valence-electron chi connectivity index (χ3n) is 7.09. The van der Waals surface area contributed by atoms with Crippen LogP contribution in [-0.4, -0.2) is 47.0 Å². The van der Waals surface area contributed by atoms with Gasteiger partial charge in [-0.3, -0.25) is 9.59 Å². The fourth-order valence-electron chi connectivity index (χ4n) is 4.70. The second-order valence-corrected chi connectivity index (χ2v) is 12.1. The van der Waals surface area contributed by atoms with Gasteiger partial charge in [-0.15, -0.1) is 0 Å². The van der Waals surface area contributed by atoms with E-state index < -0.39 is 23.8 Å². The van der Waals surface area contributed by atoms with Crippen molar-refractivity contribution in [3.8, 4) is 0 Å². The van der Waals surface area contributed by atoms with Crippen LogP contribution >= 0.6 is 0 Å². The highest BCUT2D eigenvalue weighted by Gasteiger charge is 2.38. The largest absolute Gasteiger partial charge is 0.444 e. The van der Waals surface area contributed by atoms with Crippen LogP contribution < -0.4 is 10.6 Å². The van der Waals surface area contributed by atoms with Crippen LogP contribution in [0, 0.1) is 19.8 Å². The molecular weight excluding hydrogens is 490 g/mol. The summed E-state index contributed by atoms with van der Waals surface area (Å²) in [5.74, 6) is -0.589. The number of alkyl carbamates (subject to hydrolysis) is 1. The SMILES string of the molecule is CCCCCCN(C(=O)C(NC(=O)OC(C)(C)C)C(C)CC)C(C(=O)NC(C)CCC)c1cc(C)ccc1C. The van der Waals surface area contributed by atoms with Crippen molar-refractivity contribution in [2.75, 3.05) is 6.54 Å². The van der Waals surface area contributed by atoms with Crippen molar-refractivity contribution >= 4 is 17.9 Å². The van der Waals surface area contributed by atoms with Gasteiger partial charge in [0.1, 0.15) is 17.7 Å². The predicted molar refractivity (Wildman–Crippen MR) is 160 cm³/mol. The van der Waals surface area contributed by atoms with E-state index in [-0.39, 0.29) is 23.8 Å². The molecule has 0 fully saturated rings. The molecule has 4 unspecified atom stereocenters. The molecule has 1 rings (SSSR count). The minimum atomic E-state index is -0.815. The van der Waals surface area contributed by atoms with Crippen LogP contribution in [0.2, 0.25) is 0 Å². The summed E-state index contributed by atoms with van der Waals surface area (Å²) in [7, 11) is 0. The lowest BCUT2D eigenvalue weighted by Crippen LogP contribution is -2.56. The van der Waals surface area contributed by atoms with Crippen molar-refractivity contribution in [1.29, 1.82) is 0 Å². The van der Waals surface area contributed by atoms with Gasteiger partial charge in [0, 0.05) is 12.6 Å². The first-order valence-corrected chi connectivity index (χ1v) is 14.9. The predicted octanol–water partition coefficient (Wildman–Crippen LogP) is 7.00. The van der Waals surface area contributed by atoms with Crippen molar-refractivity contribution in [3.63, 3.8) is 0 Å². The molecule has 0 radical (unpaired) electrons. The van der Waals surface area contributed by atoms with E-state index in [0.29, 0.717) is 13.0 Å². The highest BCUT2D eigenvalue weighted by atomic mass is 16.6. The van der Waals surface area contributed by atoms with E-state index in [1.165, 1.54) is 0 Å². The Bertz CT molecular complexity index is 924. The molecule has 222 valence electrons. The topological polar surface area (TPSA) is 87.7 Å². The van der Waals surface area contributed by atoms with Gasteiger partial charge in [-0.1, -0.05) is 83.6 Å². The maximum absolute atomic E-state index is 14.4. The van der Waals surface area contributed by atoms with Gasteiger partial charge >= 0.3 is 6.09 Å². The van der Waals surface area contributed by atoms with E-state index in [4.69, 9.17) is 4.74 Å². The first kappa shape index (κ1) is 34.5. The molecule has 0 aliphatic rings. The molecule has 0 aliphatic heterocycles. The highest BCUT2D eigenvalue weighted by molar-refractivity contribution is 5.92. The summed E-state index contributed by atoms with van der Waals surface area (Å²) in [4.78, 5) is 42.9. The van der Waals surface area contributed by atoms with Crippen molar-refractivity contribution in [3.05, 3.63) is 34.9 Å². The fraction of sp³-hybridized carbons (Fsp3) is 0.719. The van der Waals surface area contributed by atoms with Crippen LogP contribution in [0.15, 0.2) is 18.2 Å². The standard InChI is InChI=1S/C32H55N3O4/c1-11-14-15-16-20-35(30(37)27(23(5)13-3)34-31(38)39-32(8,9)10)28(29(36)33-25(7)17-12-2)26-21-22(4)18-19-24(26)6/h18-19,21,23,25,27-28H,11-17,20H2,1-10H3,(H,33,36)(H,34,38). The number of hydrogen-bond donors (Lipinski definition) is 2. The zero-order chi connectivity index (χ0) is 29.8. The number of carbonyl (C=O) groups excluding carboxylic acids is 3. The Labute approximate surface area is 237 Å². The van der Waals surface area contributed by atoms with Crippen molar-refractivity contribution in [2.45, 2.75) is 138 Å².